The largest absolute Gasteiger partial charge is 0.493 e. The van der Waals surface area contributed by atoms with Crippen molar-refractivity contribution in [2.45, 2.75) is 37.5 Å². The van der Waals surface area contributed by atoms with Crippen LogP contribution in [-0.4, -0.2) is 56.8 Å². The molecule has 0 unspecified atom stereocenters. The second-order valence-corrected chi connectivity index (χ2v) is 9.28. The van der Waals surface area contributed by atoms with Gasteiger partial charge in [-0.15, -0.1) is 16.4 Å². The van der Waals surface area contributed by atoms with Crippen LogP contribution in [0.3, 0.4) is 0 Å². The molecule has 0 fully saturated rings. The van der Waals surface area contributed by atoms with Gasteiger partial charge < -0.3 is 9.47 Å². The Kier molecular flexibility index (Phi) is 6.75. The number of aromatic nitrogens is 4. The summed E-state index contributed by atoms with van der Waals surface area (Å²) in [5.41, 5.74) is 1.83. The van der Waals surface area contributed by atoms with Gasteiger partial charge in [-0.25, -0.2) is 9.69 Å². The van der Waals surface area contributed by atoms with E-state index in [1.54, 1.807) is 35.2 Å². The molecule has 0 saturated carbocycles. The summed E-state index contributed by atoms with van der Waals surface area (Å²) in [6.07, 6.45) is 0.621. The van der Waals surface area contributed by atoms with Crippen molar-refractivity contribution in [3.63, 3.8) is 0 Å². The van der Waals surface area contributed by atoms with E-state index in [0.717, 1.165) is 16.2 Å². The van der Waals surface area contributed by atoms with Gasteiger partial charge in [-0.3, -0.25) is 4.79 Å². The number of ether oxygens (including phenoxy) is 2. The van der Waals surface area contributed by atoms with Gasteiger partial charge in [0.2, 0.25) is 5.16 Å². The summed E-state index contributed by atoms with van der Waals surface area (Å²) < 4.78 is 12.5. The molecule has 9 nitrogen and oxygen atoms in total. The minimum atomic E-state index is -0.235. The maximum Gasteiger partial charge on any atom is 0.253 e. The number of carbonyl (C=O) groups excluding carboxylic acids is 1. The lowest BCUT2D eigenvalue weighted by Crippen LogP contribution is -2.28. The molecule has 168 valence electrons. The average Bonchev–Trinajstić information content (AvgIpc) is 3.56. The summed E-state index contributed by atoms with van der Waals surface area (Å²) in [7, 11) is 3.20. The molecule has 0 N–H and O–H groups in total. The van der Waals surface area contributed by atoms with Crippen LogP contribution in [-0.2, 0) is 4.79 Å². The predicted molar refractivity (Wildman–Crippen MR) is 124 cm³/mol. The van der Waals surface area contributed by atoms with Gasteiger partial charge in [-0.1, -0.05) is 23.9 Å². The van der Waals surface area contributed by atoms with Crippen molar-refractivity contribution >= 4 is 34.7 Å². The van der Waals surface area contributed by atoms with E-state index in [0.29, 0.717) is 23.1 Å². The number of hydrogen-bond donors (Lipinski definition) is 0. The maximum absolute atomic E-state index is 13.3. The van der Waals surface area contributed by atoms with E-state index in [2.05, 4.69) is 15.5 Å². The van der Waals surface area contributed by atoms with Gasteiger partial charge >= 0.3 is 0 Å². The van der Waals surface area contributed by atoms with Crippen LogP contribution in [0.25, 0.3) is 0 Å². The molecular weight excluding hydrogens is 448 g/mol. The molecule has 1 aromatic carbocycles. The van der Waals surface area contributed by atoms with E-state index in [4.69, 9.17) is 14.6 Å². The van der Waals surface area contributed by atoms with E-state index in [1.165, 1.54) is 11.8 Å². The summed E-state index contributed by atoms with van der Waals surface area (Å²) in [5, 5.41) is 20.7. The van der Waals surface area contributed by atoms with Crippen molar-refractivity contribution in [2.24, 2.45) is 5.10 Å². The third-order valence-electron chi connectivity index (χ3n) is 5.04. The number of thiophene rings is 1. The highest BCUT2D eigenvalue weighted by molar-refractivity contribution is 7.99. The second kappa shape index (κ2) is 9.70. The standard InChI is InChI=1S/C21H24N6O3S2/c1-13(2)26-21(22-24-25-26)32-12-20(28)27-16(11-15(23-27)19-6-5-9-31-19)14-7-8-17(29-3)18(10-14)30-4/h5-10,13,16H,11-12H2,1-4H3/t16-/m0/s1. The fourth-order valence-corrected chi connectivity index (χ4v) is 5.03. The normalized spacial score (nSPS) is 15.8. The number of thioether (sulfide) groups is 1. The molecule has 0 saturated heterocycles. The van der Waals surface area contributed by atoms with Gasteiger partial charge in [0.15, 0.2) is 11.5 Å². The van der Waals surface area contributed by atoms with Crippen molar-refractivity contribution in [3.05, 3.63) is 46.2 Å². The van der Waals surface area contributed by atoms with Gasteiger partial charge in [0.05, 0.1) is 42.6 Å². The van der Waals surface area contributed by atoms with Crippen LogP contribution in [0.1, 0.15) is 42.8 Å². The number of hydrogen-bond acceptors (Lipinski definition) is 9. The van der Waals surface area contributed by atoms with Crippen LogP contribution < -0.4 is 9.47 Å². The summed E-state index contributed by atoms with van der Waals surface area (Å²) in [6, 6.07) is 9.59. The van der Waals surface area contributed by atoms with Crippen LogP contribution in [0.15, 0.2) is 46.0 Å². The average molecular weight is 473 g/mol. The number of hydrazone groups is 1. The Labute approximate surface area is 194 Å². The molecule has 1 atom stereocenters. The summed E-state index contributed by atoms with van der Waals surface area (Å²) in [4.78, 5) is 14.3. The summed E-state index contributed by atoms with van der Waals surface area (Å²) in [6.45, 7) is 3.99. The van der Waals surface area contributed by atoms with Gasteiger partial charge in [0.1, 0.15) is 0 Å². The van der Waals surface area contributed by atoms with E-state index < -0.39 is 0 Å². The van der Waals surface area contributed by atoms with Crippen molar-refractivity contribution in [1.29, 1.82) is 0 Å². The lowest BCUT2D eigenvalue weighted by Gasteiger charge is -2.22. The first kappa shape index (κ1) is 22.3. The van der Waals surface area contributed by atoms with Crippen molar-refractivity contribution < 1.29 is 14.3 Å². The highest BCUT2D eigenvalue weighted by atomic mass is 32.2. The van der Waals surface area contributed by atoms with Gasteiger partial charge in [0.25, 0.3) is 5.91 Å². The SMILES string of the molecule is COc1ccc([C@@H]2CC(c3cccs3)=NN2C(=O)CSc2nnnn2C(C)C)cc1OC. The van der Waals surface area contributed by atoms with E-state index in [-0.39, 0.29) is 23.7 Å². The Hall–Kier alpha value is -2.92. The molecule has 1 aliphatic heterocycles. The molecule has 32 heavy (non-hydrogen) atoms. The molecule has 3 aromatic rings. The Bertz CT molecular complexity index is 1110. The van der Waals surface area contributed by atoms with Crippen molar-refractivity contribution in [2.75, 3.05) is 20.0 Å². The lowest BCUT2D eigenvalue weighted by atomic mass is 10.0. The highest BCUT2D eigenvalue weighted by Gasteiger charge is 2.34. The quantitative estimate of drug-likeness (QED) is 0.460. The number of amides is 1. The molecule has 4 rings (SSSR count). The third-order valence-corrected chi connectivity index (χ3v) is 6.88. The second-order valence-electron chi connectivity index (χ2n) is 7.39. The van der Waals surface area contributed by atoms with Gasteiger partial charge in [-0.2, -0.15) is 5.10 Å². The molecule has 0 bridgehead atoms. The summed E-state index contributed by atoms with van der Waals surface area (Å²) in [5.74, 6) is 1.33. The predicted octanol–water partition coefficient (Wildman–Crippen LogP) is 3.80. The zero-order valence-corrected chi connectivity index (χ0v) is 19.9. The zero-order valence-electron chi connectivity index (χ0n) is 18.3. The Morgan fingerprint density at radius 1 is 1.25 bits per heavy atom. The summed E-state index contributed by atoms with van der Waals surface area (Å²) >= 11 is 2.92. The molecule has 3 heterocycles. The molecule has 11 heteroatoms. The molecule has 1 amide bonds. The number of tetrazole rings is 1. The first-order valence-corrected chi connectivity index (χ1v) is 11.9. The monoisotopic (exact) mass is 472 g/mol. The molecule has 0 spiro atoms. The molecule has 0 aliphatic carbocycles. The Morgan fingerprint density at radius 3 is 2.75 bits per heavy atom. The van der Waals surface area contributed by atoms with E-state index in [1.807, 2.05) is 49.6 Å². The maximum atomic E-state index is 13.3. The first-order chi connectivity index (χ1) is 15.5. The molecule has 1 aliphatic rings. The Balaban J connectivity index is 1.59. The van der Waals surface area contributed by atoms with Crippen LogP contribution in [0, 0.1) is 0 Å². The Morgan fingerprint density at radius 2 is 2.06 bits per heavy atom. The van der Waals surface area contributed by atoms with Crippen LogP contribution >= 0.6 is 23.1 Å². The smallest absolute Gasteiger partial charge is 0.253 e. The highest BCUT2D eigenvalue weighted by Crippen LogP contribution is 2.38. The van der Waals surface area contributed by atoms with Crippen LogP contribution in [0.5, 0.6) is 11.5 Å². The lowest BCUT2D eigenvalue weighted by molar-refractivity contribution is -0.130. The zero-order chi connectivity index (χ0) is 22.7. The number of benzene rings is 1. The topological polar surface area (TPSA) is 94.7 Å². The van der Waals surface area contributed by atoms with Crippen molar-refractivity contribution in [3.8, 4) is 11.5 Å². The number of carbonyl (C=O) groups is 1. The first-order valence-electron chi connectivity index (χ1n) is 10.1. The molecule has 2 aromatic heterocycles. The number of methoxy groups -OCH3 is 2. The minimum absolute atomic E-state index is 0.109. The minimum Gasteiger partial charge on any atom is -0.493 e. The van der Waals surface area contributed by atoms with Gasteiger partial charge in [0, 0.05) is 6.42 Å². The van der Waals surface area contributed by atoms with Crippen LogP contribution in [0.4, 0.5) is 0 Å². The fourth-order valence-electron chi connectivity index (χ4n) is 3.45. The number of nitrogens with zero attached hydrogens (tertiary/aromatic N) is 6. The van der Waals surface area contributed by atoms with E-state index >= 15 is 0 Å². The molecular formula is C21H24N6O3S2. The third kappa shape index (κ3) is 4.49. The number of rotatable bonds is 8. The fraction of sp³-hybridized carbons (Fsp3) is 0.381. The van der Waals surface area contributed by atoms with Crippen LogP contribution in [0.2, 0.25) is 0 Å². The molecule has 0 radical (unpaired) electrons. The van der Waals surface area contributed by atoms with Gasteiger partial charge in [-0.05, 0) is 53.4 Å². The van der Waals surface area contributed by atoms with E-state index in [9.17, 15) is 4.79 Å². The van der Waals surface area contributed by atoms with Crippen molar-refractivity contribution in [1.82, 2.24) is 25.2 Å².